The second-order valence-corrected chi connectivity index (χ2v) is 7.36. The minimum Gasteiger partial charge on any atom is -0.495 e. The Kier molecular flexibility index (Phi) is 5.19. The molecular weight excluding hydrogens is 290 g/mol. The molecular formula is C18H30N3O2+. The molecule has 1 aliphatic heterocycles. The van der Waals surface area contributed by atoms with Crippen molar-refractivity contribution in [2.75, 3.05) is 44.7 Å². The first-order valence-corrected chi connectivity index (χ1v) is 8.31. The number of piperazine rings is 1. The highest BCUT2D eigenvalue weighted by molar-refractivity contribution is 5.73. The number of hydrogen-bond donors (Lipinski definition) is 1. The number of amides is 1. The predicted octanol–water partition coefficient (Wildman–Crippen LogP) is 2.01. The number of ether oxygens (including phenoxy) is 1. The smallest absolute Gasteiger partial charge is 0.223 e. The summed E-state index contributed by atoms with van der Waals surface area (Å²) < 4.78 is 6.42. The summed E-state index contributed by atoms with van der Waals surface area (Å²) in [5, 5.41) is 0. The Morgan fingerprint density at radius 1 is 1.26 bits per heavy atom. The molecule has 5 nitrogen and oxygen atoms in total. The van der Waals surface area contributed by atoms with E-state index >= 15 is 0 Å². The Morgan fingerprint density at radius 3 is 2.39 bits per heavy atom. The van der Waals surface area contributed by atoms with Gasteiger partial charge in [0.15, 0.2) is 0 Å². The van der Waals surface area contributed by atoms with Gasteiger partial charge in [-0.2, -0.15) is 0 Å². The van der Waals surface area contributed by atoms with Gasteiger partial charge in [-0.3, -0.25) is 4.79 Å². The maximum atomic E-state index is 11.3. The van der Waals surface area contributed by atoms with E-state index in [1.54, 1.807) is 7.11 Å². The molecule has 0 aliphatic carbocycles. The average molecular weight is 320 g/mol. The second kappa shape index (κ2) is 6.79. The highest BCUT2D eigenvalue weighted by Gasteiger charge is 2.43. The molecule has 1 fully saturated rings. The van der Waals surface area contributed by atoms with E-state index in [0.717, 1.165) is 48.6 Å². The monoisotopic (exact) mass is 320 g/mol. The molecule has 0 aromatic heterocycles. The minimum atomic E-state index is -0.209. The number of para-hydroxylation sites is 2. The van der Waals surface area contributed by atoms with Gasteiger partial charge in [-0.1, -0.05) is 12.1 Å². The molecule has 0 radical (unpaired) electrons. The summed E-state index contributed by atoms with van der Waals surface area (Å²) >= 11 is 0. The average Bonchev–Trinajstić information content (AvgIpc) is 2.52. The maximum Gasteiger partial charge on any atom is 0.223 e. The largest absolute Gasteiger partial charge is 0.495 e. The van der Waals surface area contributed by atoms with Crippen LogP contribution in [0.3, 0.4) is 0 Å². The molecule has 0 saturated carbocycles. The van der Waals surface area contributed by atoms with E-state index in [4.69, 9.17) is 10.5 Å². The zero-order valence-corrected chi connectivity index (χ0v) is 14.8. The van der Waals surface area contributed by atoms with Crippen molar-refractivity contribution in [3.63, 3.8) is 0 Å². The molecule has 0 bridgehead atoms. The Labute approximate surface area is 139 Å². The summed E-state index contributed by atoms with van der Waals surface area (Å²) in [5.74, 6) is 0.708. The first-order chi connectivity index (χ1) is 10.8. The van der Waals surface area contributed by atoms with Gasteiger partial charge < -0.3 is 19.9 Å². The van der Waals surface area contributed by atoms with Gasteiger partial charge >= 0.3 is 0 Å². The fourth-order valence-electron chi connectivity index (χ4n) is 3.53. The lowest BCUT2D eigenvalue weighted by Gasteiger charge is -2.53. The zero-order chi connectivity index (χ0) is 17.1. The Hall–Kier alpha value is -1.75. The van der Waals surface area contributed by atoms with E-state index in [2.05, 4.69) is 31.7 Å². The van der Waals surface area contributed by atoms with Crippen LogP contribution in [-0.4, -0.2) is 55.8 Å². The molecule has 1 heterocycles. The van der Waals surface area contributed by atoms with Crippen LogP contribution in [0.15, 0.2) is 24.3 Å². The van der Waals surface area contributed by atoms with Gasteiger partial charge in [-0.15, -0.1) is 0 Å². The summed E-state index contributed by atoms with van der Waals surface area (Å²) in [6, 6.07) is 8.16. The van der Waals surface area contributed by atoms with Crippen LogP contribution in [-0.2, 0) is 4.79 Å². The molecule has 0 unspecified atom stereocenters. The number of nitrogens with zero attached hydrogens (tertiary/aromatic N) is 2. The van der Waals surface area contributed by atoms with Crippen LogP contribution in [0.2, 0.25) is 0 Å². The van der Waals surface area contributed by atoms with Crippen molar-refractivity contribution in [3.05, 3.63) is 24.3 Å². The quantitative estimate of drug-likeness (QED) is 0.844. The number of hydrogen-bond acceptors (Lipinski definition) is 3. The summed E-state index contributed by atoms with van der Waals surface area (Å²) in [7, 11) is 1.71. The van der Waals surface area contributed by atoms with Gasteiger partial charge in [0.05, 0.1) is 57.5 Å². The predicted molar refractivity (Wildman–Crippen MR) is 93.6 cm³/mol. The first-order valence-electron chi connectivity index (χ1n) is 8.31. The zero-order valence-electron chi connectivity index (χ0n) is 14.8. The molecule has 2 N–H and O–H groups in total. The number of quaternary nitrogens is 1. The number of nitrogens with two attached hydrogens (primary N) is 1. The highest BCUT2D eigenvalue weighted by atomic mass is 16.5. The number of primary amides is 1. The lowest BCUT2D eigenvalue weighted by molar-refractivity contribution is -0.970. The Morgan fingerprint density at radius 2 is 1.87 bits per heavy atom. The fourth-order valence-corrected chi connectivity index (χ4v) is 3.53. The number of carbonyl (C=O) groups is 1. The molecule has 1 aromatic rings. The van der Waals surface area contributed by atoms with Crippen LogP contribution in [0.25, 0.3) is 0 Å². The molecule has 2 rings (SSSR count). The van der Waals surface area contributed by atoms with E-state index in [9.17, 15) is 4.79 Å². The van der Waals surface area contributed by atoms with E-state index in [1.165, 1.54) is 0 Å². The van der Waals surface area contributed by atoms with Gasteiger partial charge in [-0.05, 0) is 32.9 Å². The Bertz CT molecular complexity index is 543. The lowest BCUT2D eigenvalue weighted by Crippen LogP contribution is -2.68. The van der Waals surface area contributed by atoms with Crippen LogP contribution < -0.4 is 15.4 Å². The van der Waals surface area contributed by atoms with Crippen molar-refractivity contribution in [3.8, 4) is 5.75 Å². The lowest BCUT2D eigenvalue weighted by atomic mass is 9.98. The van der Waals surface area contributed by atoms with Crippen molar-refractivity contribution >= 4 is 11.6 Å². The summed E-state index contributed by atoms with van der Waals surface area (Å²) in [5.41, 5.74) is 6.64. The van der Waals surface area contributed by atoms with Gasteiger partial charge in [-0.25, -0.2) is 0 Å². The normalized spacial score (nSPS) is 17.8. The van der Waals surface area contributed by atoms with E-state index in [0.29, 0.717) is 6.42 Å². The van der Waals surface area contributed by atoms with Crippen LogP contribution >= 0.6 is 0 Å². The number of benzene rings is 1. The number of methoxy groups -OCH3 is 1. The van der Waals surface area contributed by atoms with Gasteiger partial charge in [0.25, 0.3) is 0 Å². The molecule has 128 valence electrons. The number of rotatable bonds is 5. The molecule has 23 heavy (non-hydrogen) atoms. The standard InChI is InChI=1S/C18H29N3O2/c1-18(2,3)21(12-9-17(19)22)13-10-20(11-14-21)15-7-5-6-8-16(15)23-4/h5-8H,9-14H2,1-4H3,(H-,19,22)/p+1. The minimum absolute atomic E-state index is 0.0995. The van der Waals surface area contributed by atoms with Crippen molar-refractivity contribution in [2.24, 2.45) is 5.73 Å². The topological polar surface area (TPSA) is 55.6 Å². The molecule has 1 saturated heterocycles. The van der Waals surface area contributed by atoms with Gasteiger partial charge in [0.1, 0.15) is 5.75 Å². The van der Waals surface area contributed by atoms with Crippen molar-refractivity contribution in [1.82, 2.24) is 0 Å². The molecule has 1 aromatic carbocycles. The van der Waals surface area contributed by atoms with E-state index in [-0.39, 0.29) is 11.4 Å². The molecule has 5 heteroatoms. The third-order valence-corrected chi connectivity index (χ3v) is 5.23. The number of carbonyl (C=O) groups excluding carboxylic acids is 1. The SMILES string of the molecule is COc1ccccc1N1CC[N+](CCC(N)=O)(C(C)(C)C)CC1. The van der Waals surface area contributed by atoms with Crippen molar-refractivity contribution in [1.29, 1.82) is 0 Å². The van der Waals surface area contributed by atoms with Gasteiger partial charge in [0, 0.05) is 0 Å². The summed E-state index contributed by atoms with van der Waals surface area (Å²) in [4.78, 5) is 13.6. The van der Waals surface area contributed by atoms with Gasteiger partial charge in [0.2, 0.25) is 5.91 Å². The molecule has 0 atom stereocenters. The summed E-state index contributed by atoms with van der Waals surface area (Å²) in [6.07, 6.45) is 0.450. The van der Waals surface area contributed by atoms with Crippen LogP contribution in [0.5, 0.6) is 5.75 Å². The third kappa shape index (κ3) is 3.78. The van der Waals surface area contributed by atoms with E-state index in [1.807, 2.05) is 18.2 Å². The van der Waals surface area contributed by atoms with Crippen LogP contribution in [0, 0.1) is 0 Å². The summed E-state index contributed by atoms with van der Waals surface area (Å²) in [6.45, 7) is 11.5. The van der Waals surface area contributed by atoms with Crippen LogP contribution in [0.1, 0.15) is 27.2 Å². The molecule has 0 spiro atoms. The van der Waals surface area contributed by atoms with E-state index < -0.39 is 0 Å². The molecule has 1 amide bonds. The highest BCUT2D eigenvalue weighted by Crippen LogP contribution is 2.33. The first kappa shape index (κ1) is 17.6. The van der Waals surface area contributed by atoms with Crippen molar-refractivity contribution < 1.29 is 14.0 Å². The third-order valence-electron chi connectivity index (χ3n) is 5.23. The van der Waals surface area contributed by atoms with Crippen molar-refractivity contribution in [2.45, 2.75) is 32.7 Å². The molecule has 1 aliphatic rings. The maximum absolute atomic E-state index is 11.3. The van der Waals surface area contributed by atoms with Crippen LogP contribution in [0.4, 0.5) is 5.69 Å². The Balaban J connectivity index is 2.14. The fraction of sp³-hybridized carbons (Fsp3) is 0.611. The number of anilines is 1. The second-order valence-electron chi connectivity index (χ2n) is 7.36.